The van der Waals surface area contributed by atoms with Gasteiger partial charge < -0.3 is 19.3 Å². The Labute approximate surface area is 179 Å². The summed E-state index contributed by atoms with van der Waals surface area (Å²) in [5.74, 6) is 1.35. The minimum Gasteiger partial charge on any atom is -0.496 e. The summed E-state index contributed by atoms with van der Waals surface area (Å²) in [5, 5.41) is 12.3. The highest BCUT2D eigenvalue weighted by molar-refractivity contribution is 5.96. The van der Waals surface area contributed by atoms with E-state index >= 15 is 0 Å². The van der Waals surface area contributed by atoms with Crippen LogP contribution >= 0.6 is 0 Å². The number of carbonyl (C=O) groups is 1. The van der Waals surface area contributed by atoms with Gasteiger partial charge in [-0.2, -0.15) is 0 Å². The van der Waals surface area contributed by atoms with Crippen LogP contribution in [0.3, 0.4) is 0 Å². The molecule has 0 radical (unpaired) electrons. The number of esters is 1. The molecule has 5 heteroatoms. The molecule has 0 amide bonds. The zero-order valence-electron chi connectivity index (χ0n) is 19.2. The SMILES string of the molecule is COc1c(C)c(CC=C(C)CCC(OC(C)=O)C(C)(C)O)c(OC)c2ccccc12. The molecule has 0 aliphatic heterocycles. The number of fused-ring (bicyclic) bond motifs is 1. The number of carbonyl (C=O) groups excluding carboxylic acids is 1. The summed E-state index contributed by atoms with van der Waals surface area (Å²) < 4.78 is 16.8. The van der Waals surface area contributed by atoms with E-state index < -0.39 is 11.7 Å². The quantitative estimate of drug-likeness (QED) is 0.455. The van der Waals surface area contributed by atoms with Crippen LogP contribution in [0.15, 0.2) is 35.9 Å². The number of hydrogen-bond acceptors (Lipinski definition) is 5. The third-order valence-corrected chi connectivity index (χ3v) is 5.44. The molecule has 0 saturated heterocycles. The lowest BCUT2D eigenvalue weighted by atomic mass is 9.93. The van der Waals surface area contributed by atoms with Gasteiger partial charge in [0.1, 0.15) is 17.6 Å². The fourth-order valence-corrected chi connectivity index (χ4v) is 3.79. The summed E-state index contributed by atoms with van der Waals surface area (Å²) in [4.78, 5) is 11.4. The molecule has 5 nitrogen and oxygen atoms in total. The number of aliphatic hydroxyl groups is 1. The molecule has 0 heterocycles. The first-order chi connectivity index (χ1) is 14.1. The second kappa shape index (κ2) is 9.98. The fraction of sp³-hybridized carbons (Fsp3) is 0.480. The second-order valence-corrected chi connectivity index (χ2v) is 8.26. The monoisotopic (exact) mass is 414 g/mol. The zero-order valence-corrected chi connectivity index (χ0v) is 19.2. The van der Waals surface area contributed by atoms with Crippen molar-refractivity contribution < 1.29 is 24.1 Å². The number of ether oxygens (including phenoxy) is 3. The molecule has 0 aliphatic carbocycles. The normalized spacial score (nSPS) is 13.3. The van der Waals surface area contributed by atoms with Crippen molar-refractivity contribution in [2.75, 3.05) is 14.2 Å². The van der Waals surface area contributed by atoms with Gasteiger partial charge in [0.05, 0.1) is 19.8 Å². The summed E-state index contributed by atoms with van der Waals surface area (Å²) in [7, 11) is 3.39. The Balaban J connectivity index is 2.28. The Kier molecular flexibility index (Phi) is 7.90. The highest BCUT2D eigenvalue weighted by atomic mass is 16.6. The van der Waals surface area contributed by atoms with E-state index in [0.29, 0.717) is 19.3 Å². The summed E-state index contributed by atoms with van der Waals surface area (Å²) in [6.45, 7) is 8.79. The predicted molar refractivity (Wildman–Crippen MR) is 120 cm³/mol. The minimum atomic E-state index is -1.09. The molecular weight excluding hydrogens is 380 g/mol. The maximum Gasteiger partial charge on any atom is 0.303 e. The fourth-order valence-electron chi connectivity index (χ4n) is 3.79. The van der Waals surface area contributed by atoms with Crippen molar-refractivity contribution in [3.05, 3.63) is 47.0 Å². The van der Waals surface area contributed by atoms with Crippen LogP contribution in [-0.2, 0) is 16.0 Å². The summed E-state index contributed by atoms with van der Waals surface area (Å²) >= 11 is 0. The van der Waals surface area contributed by atoms with Gasteiger partial charge in [-0.3, -0.25) is 4.79 Å². The maximum absolute atomic E-state index is 11.4. The molecule has 0 aromatic heterocycles. The van der Waals surface area contributed by atoms with Gasteiger partial charge in [-0.25, -0.2) is 0 Å². The van der Waals surface area contributed by atoms with Gasteiger partial charge in [-0.05, 0) is 52.5 Å². The molecule has 1 unspecified atom stereocenters. The molecule has 0 fully saturated rings. The highest BCUT2D eigenvalue weighted by Gasteiger charge is 2.29. The van der Waals surface area contributed by atoms with Crippen LogP contribution in [0, 0.1) is 6.92 Å². The largest absolute Gasteiger partial charge is 0.496 e. The van der Waals surface area contributed by atoms with E-state index in [1.807, 2.05) is 24.3 Å². The molecule has 2 rings (SSSR count). The van der Waals surface area contributed by atoms with E-state index in [2.05, 4.69) is 19.9 Å². The number of allylic oxidation sites excluding steroid dienone is 2. The van der Waals surface area contributed by atoms with Crippen LogP contribution in [0.2, 0.25) is 0 Å². The molecular formula is C25H34O5. The van der Waals surface area contributed by atoms with Gasteiger partial charge in [0.15, 0.2) is 0 Å². The second-order valence-electron chi connectivity index (χ2n) is 8.26. The number of methoxy groups -OCH3 is 2. The van der Waals surface area contributed by atoms with Gasteiger partial charge in [0.25, 0.3) is 0 Å². The summed E-state index contributed by atoms with van der Waals surface area (Å²) in [5.41, 5.74) is 2.22. The van der Waals surface area contributed by atoms with Crippen LogP contribution < -0.4 is 9.47 Å². The zero-order chi connectivity index (χ0) is 22.5. The van der Waals surface area contributed by atoms with Gasteiger partial charge in [-0.1, -0.05) is 35.9 Å². The Morgan fingerprint density at radius 2 is 1.67 bits per heavy atom. The van der Waals surface area contributed by atoms with E-state index in [9.17, 15) is 9.90 Å². The van der Waals surface area contributed by atoms with E-state index in [-0.39, 0.29) is 5.97 Å². The van der Waals surface area contributed by atoms with Crippen LogP contribution in [0.4, 0.5) is 0 Å². The molecule has 1 atom stereocenters. The van der Waals surface area contributed by atoms with Crippen LogP contribution in [0.25, 0.3) is 10.8 Å². The number of rotatable bonds is 9. The van der Waals surface area contributed by atoms with Gasteiger partial charge >= 0.3 is 5.97 Å². The van der Waals surface area contributed by atoms with Crippen molar-refractivity contribution in [3.63, 3.8) is 0 Å². The topological polar surface area (TPSA) is 65.0 Å². The summed E-state index contributed by atoms with van der Waals surface area (Å²) in [6, 6.07) is 8.08. The molecule has 2 aromatic carbocycles. The predicted octanol–water partition coefficient (Wildman–Crippen LogP) is 5.14. The van der Waals surface area contributed by atoms with Crippen molar-refractivity contribution in [1.29, 1.82) is 0 Å². The van der Waals surface area contributed by atoms with E-state index in [1.54, 1.807) is 28.1 Å². The molecule has 0 spiro atoms. The Hall–Kier alpha value is -2.53. The third kappa shape index (κ3) is 5.54. The van der Waals surface area contributed by atoms with Crippen LogP contribution in [0.5, 0.6) is 11.5 Å². The lowest BCUT2D eigenvalue weighted by Crippen LogP contribution is -2.39. The third-order valence-electron chi connectivity index (χ3n) is 5.44. The molecule has 30 heavy (non-hydrogen) atoms. The summed E-state index contributed by atoms with van der Waals surface area (Å²) in [6.07, 6.45) is 3.59. The minimum absolute atomic E-state index is 0.382. The molecule has 2 aromatic rings. The van der Waals surface area contributed by atoms with Crippen LogP contribution in [-0.4, -0.2) is 37.0 Å². The first kappa shape index (κ1) is 23.7. The van der Waals surface area contributed by atoms with Gasteiger partial charge in [0.2, 0.25) is 0 Å². The van der Waals surface area contributed by atoms with Crippen molar-refractivity contribution in [3.8, 4) is 11.5 Å². The van der Waals surface area contributed by atoms with Crippen molar-refractivity contribution in [2.45, 2.75) is 65.6 Å². The molecule has 0 aliphatic rings. The van der Waals surface area contributed by atoms with E-state index in [4.69, 9.17) is 14.2 Å². The van der Waals surface area contributed by atoms with Crippen molar-refractivity contribution in [1.82, 2.24) is 0 Å². The number of benzene rings is 2. The number of hydrogen-bond donors (Lipinski definition) is 1. The highest BCUT2D eigenvalue weighted by Crippen LogP contribution is 2.40. The Bertz CT molecular complexity index is 921. The molecule has 164 valence electrons. The van der Waals surface area contributed by atoms with Gasteiger partial charge in [-0.15, -0.1) is 0 Å². The van der Waals surface area contributed by atoms with Crippen molar-refractivity contribution in [2.24, 2.45) is 0 Å². The van der Waals surface area contributed by atoms with E-state index in [0.717, 1.165) is 39.0 Å². The molecule has 0 bridgehead atoms. The first-order valence-electron chi connectivity index (χ1n) is 10.3. The molecule has 1 N–H and O–H groups in total. The van der Waals surface area contributed by atoms with E-state index in [1.165, 1.54) is 6.92 Å². The first-order valence-corrected chi connectivity index (χ1v) is 10.3. The standard InChI is InChI=1S/C25H34O5/c1-16(13-15-22(25(4,5)27)30-18(3)26)12-14-19-17(2)23(28-6)20-10-8-9-11-21(20)24(19)29-7/h8-12,22,27H,13-15H2,1-7H3. The smallest absolute Gasteiger partial charge is 0.303 e. The van der Waals surface area contributed by atoms with Crippen LogP contribution in [0.1, 0.15) is 51.7 Å². The maximum atomic E-state index is 11.4. The lowest BCUT2D eigenvalue weighted by molar-refractivity contribution is -0.159. The Morgan fingerprint density at radius 3 is 2.17 bits per heavy atom. The lowest BCUT2D eigenvalue weighted by Gasteiger charge is -2.28. The molecule has 0 saturated carbocycles. The average molecular weight is 415 g/mol. The van der Waals surface area contributed by atoms with Crippen molar-refractivity contribution >= 4 is 16.7 Å². The average Bonchev–Trinajstić information content (AvgIpc) is 2.68. The van der Waals surface area contributed by atoms with Gasteiger partial charge in [0, 0.05) is 23.3 Å². The Morgan fingerprint density at radius 1 is 1.10 bits per heavy atom.